The van der Waals surface area contributed by atoms with Gasteiger partial charge in [-0.1, -0.05) is 0 Å². The standard InChI is InChI=1S/C10H15N2O2/c1-11-4-6-12(7-5-11)10(13)9-3-2-8-14-9/h2-3,8,10,13H,1,4-7H2/q-1. The highest BCUT2D eigenvalue weighted by molar-refractivity contribution is 5.01. The first-order chi connectivity index (χ1) is 6.77. The van der Waals surface area contributed by atoms with Crippen molar-refractivity contribution in [2.24, 2.45) is 0 Å². The van der Waals surface area contributed by atoms with Crippen molar-refractivity contribution in [1.29, 1.82) is 0 Å². The van der Waals surface area contributed by atoms with Gasteiger partial charge in [-0.05, 0) is 25.2 Å². The minimum absolute atomic E-state index is 0.612. The molecule has 1 unspecified atom stereocenters. The zero-order valence-electron chi connectivity index (χ0n) is 8.09. The van der Waals surface area contributed by atoms with Gasteiger partial charge in [-0.15, -0.1) is 0 Å². The Kier molecular flexibility index (Phi) is 2.86. The Balaban J connectivity index is 1.95. The summed E-state index contributed by atoms with van der Waals surface area (Å²) in [4.78, 5) is 3.99. The van der Waals surface area contributed by atoms with Crippen molar-refractivity contribution in [2.75, 3.05) is 26.2 Å². The van der Waals surface area contributed by atoms with Crippen LogP contribution in [0.1, 0.15) is 12.0 Å². The Morgan fingerprint density at radius 3 is 2.64 bits per heavy atom. The van der Waals surface area contributed by atoms with Gasteiger partial charge in [0.15, 0.2) is 6.23 Å². The zero-order valence-corrected chi connectivity index (χ0v) is 8.09. The highest BCUT2D eigenvalue weighted by Crippen LogP contribution is 2.19. The van der Waals surface area contributed by atoms with Gasteiger partial charge >= 0.3 is 0 Å². The molecule has 0 aromatic carbocycles. The van der Waals surface area contributed by atoms with Crippen LogP contribution in [0.25, 0.3) is 0 Å². The lowest BCUT2D eigenvalue weighted by molar-refractivity contribution is -0.0340. The first-order valence-corrected chi connectivity index (χ1v) is 4.78. The van der Waals surface area contributed by atoms with E-state index in [0.717, 1.165) is 26.2 Å². The van der Waals surface area contributed by atoms with E-state index in [1.54, 1.807) is 18.4 Å². The molecule has 2 rings (SSSR count). The summed E-state index contributed by atoms with van der Waals surface area (Å²) in [6.45, 7) is 3.42. The number of rotatable bonds is 2. The fourth-order valence-corrected chi connectivity index (χ4v) is 1.63. The lowest BCUT2D eigenvalue weighted by atomic mass is 10.3. The zero-order chi connectivity index (χ0) is 9.97. The highest BCUT2D eigenvalue weighted by atomic mass is 16.4. The van der Waals surface area contributed by atoms with Gasteiger partial charge in [-0.2, -0.15) is 0 Å². The Morgan fingerprint density at radius 1 is 1.36 bits per heavy atom. The third-order valence-electron chi connectivity index (χ3n) is 2.55. The average Bonchev–Trinajstić information content (AvgIpc) is 2.71. The number of nitrogens with zero attached hydrogens (tertiary/aromatic N) is 2. The second kappa shape index (κ2) is 4.13. The minimum Gasteiger partial charge on any atom is -0.465 e. The number of aliphatic hydroxyl groups excluding tert-OH is 1. The van der Waals surface area contributed by atoms with Crippen LogP contribution in [0, 0.1) is 7.05 Å². The molecule has 14 heavy (non-hydrogen) atoms. The van der Waals surface area contributed by atoms with Gasteiger partial charge in [0.25, 0.3) is 0 Å². The Bertz CT molecular complexity index is 266. The van der Waals surface area contributed by atoms with Crippen molar-refractivity contribution in [2.45, 2.75) is 6.23 Å². The molecule has 1 aliphatic rings. The quantitative estimate of drug-likeness (QED) is 0.704. The summed E-state index contributed by atoms with van der Waals surface area (Å²) in [5, 5.41) is 9.91. The second-order valence-corrected chi connectivity index (χ2v) is 3.54. The molecule has 0 aliphatic carbocycles. The van der Waals surface area contributed by atoms with Crippen molar-refractivity contribution >= 4 is 0 Å². The number of aliphatic hydroxyl groups is 1. The van der Waals surface area contributed by atoms with Gasteiger partial charge in [-0.3, -0.25) is 11.9 Å². The van der Waals surface area contributed by atoms with E-state index in [0.29, 0.717) is 5.76 Å². The number of furan rings is 1. The largest absolute Gasteiger partial charge is 0.465 e. The van der Waals surface area contributed by atoms with Crippen molar-refractivity contribution < 1.29 is 9.52 Å². The van der Waals surface area contributed by atoms with E-state index in [9.17, 15) is 5.11 Å². The van der Waals surface area contributed by atoms with Crippen LogP contribution in [0.3, 0.4) is 0 Å². The number of hydrogen-bond acceptors (Lipinski definition) is 4. The van der Waals surface area contributed by atoms with E-state index in [4.69, 9.17) is 4.42 Å². The van der Waals surface area contributed by atoms with Crippen LogP contribution >= 0.6 is 0 Å². The Labute approximate surface area is 83.7 Å². The predicted octanol–water partition coefficient (Wildman–Crippen LogP) is 0.680. The molecule has 1 aliphatic heterocycles. The fraction of sp³-hybridized carbons (Fsp3) is 0.500. The van der Waals surface area contributed by atoms with Gasteiger partial charge < -0.3 is 14.4 Å². The Morgan fingerprint density at radius 2 is 2.07 bits per heavy atom. The normalized spacial score (nSPS) is 22.4. The van der Waals surface area contributed by atoms with Gasteiger partial charge in [-0.25, -0.2) is 0 Å². The number of piperazine rings is 1. The Hall–Kier alpha value is -0.840. The molecule has 1 aromatic rings. The molecule has 2 heterocycles. The van der Waals surface area contributed by atoms with Crippen molar-refractivity contribution in [1.82, 2.24) is 9.80 Å². The van der Waals surface area contributed by atoms with Crippen LogP contribution in [0.5, 0.6) is 0 Å². The molecule has 1 aromatic heterocycles. The summed E-state index contributed by atoms with van der Waals surface area (Å²) in [6.07, 6.45) is 0.967. The topological polar surface area (TPSA) is 39.9 Å². The summed E-state index contributed by atoms with van der Waals surface area (Å²) in [7, 11) is 3.86. The van der Waals surface area contributed by atoms with Crippen LogP contribution in [0.4, 0.5) is 0 Å². The summed E-state index contributed by atoms with van der Waals surface area (Å²) in [5.74, 6) is 0.613. The summed E-state index contributed by atoms with van der Waals surface area (Å²) >= 11 is 0. The number of hydrogen-bond donors (Lipinski definition) is 1. The SMILES string of the molecule is [CH2-]N1CCN(C(O)c2ccco2)CC1. The average molecular weight is 195 g/mol. The van der Waals surface area contributed by atoms with Crippen molar-refractivity contribution in [3.8, 4) is 0 Å². The van der Waals surface area contributed by atoms with Gasteiger partial charge in [0.05, 0.1) is 6.26 Å². The monoisotopic (exact) mass is 195 g/mol. The van der Waals surface area contributed by atoms with Crippen molar-refractivity contribution in [3.05, 3.63) is 31.2 Å². The van der Waals surface area contributed by atoms with E-state index in [1.165, 1.54) is 0 Å². The molecule has 1 atom stereocenters. The maximum atomic E-state index is 9.91. The van der Waals surface area contributed by atoms with E-state index >= 15 is 0 Å². The lowest BCUT2D eigenvalue weighted by Crippen LogP contribution is -2.45. The third kappa shape index (κ3) is 1.97. The van der Waals surface area contributed by atoms with Crippen LogP contribution in [-0.2, 0) is 0 Å². The molecule has 1 saturated heterocycles. The molecule has 0 amide bonds. The molecule has 0 radical (unpaired) electrons. The van der Waals surface area contributed by atoms with E-state index in [-0.39, 0.29) is 0 Å². The molecular weight excluding hydrogens is 180 g/mol. The maximum absolute atomic E-state index is 9.91. The van der Waals surface area contributed by atoms with Gasteiger partial charge in [0, 0.05) is 13.1 Å². The van der Waals surface area contributed by atoms with Crippen LogP contribution < -0.4 is 0 Å². The molecule has 4 heteroatoms. The van der Waals surface area contributed by atoms with E-state index in [1.807, 2.05) is 9.80 Å². The summed E-state index contributed by atoms with van der Waals surface area (Å²) in [6, 6.07) is 3.58. The highest BCUT2D eigenvalue weighted by Gasteiger charge is 2.21. The van der Waals surface area contributed by atoms with Crippen molar-refractivity contribution in [3.63, 3.8) is 0 Å². The maximum Gasteiger partial charge on any atom is 0.166 e. The summed E-state index contributed by atoms with van der Waals surface area (Å²) in [5.41, 5.74) is 0. The molecule has 0 saturated carbocycles. The molecule has 0 bridgehead atoms. The molecule has 1 fully saturated rings. The first-order valence-electron chi connectivity index (χ1n) is 4.78. The second-order valence-electron chi connectivity index (χ2n) is 3.54. The molecule has 4 nitrogen and oxygen atoms in total. The van der Waals surface area contributed by atoms with Crippen LogP contribution in [0.2, 0.25) is 0 Å². The third-order valence-corrected chi connectivity index (χ3v) is 2.55. The molecule has 1 N–H and O–H groups in total. The smallest absolute Gasteiger partial charge is 0.166 e. The molecular formula is C10H15N2O2-. The van der Waals surface area contributed by atoms with Crippen LogP contribution in [-0.4, -0.2) is 41.1 Å². The minimum atomic E-state index is -0.612. The fourth-order valence-electron chi connectivity index (χ4n) is 1.63. The molecule has 0 spiro atoms. The van der Waals surface area contributed by atoms with E-state index in [2.05, 4.69) is 7.05 Å². The predicted molar refractivity (Wildman–Crippen MR) is 52.2 cm³/mol. The van der Waals surface area contributed by atoms with Crippen LogP contribution in [0.15, 0.2) is 22.8 Å². The summed E-state index contributed by atoms with van der Waals surface area (Å²) < 4.78 is 5.15. The van der Waals surface area contributed by atoms with Gasteiger partial charge in [0.1, 0.15) is 5.76 Å². The lowest BCUT2D eigenvalue weighted by Gasteiger charge is -2.38. The van der Waals surface area contributed by atoms with E-state index < -0.39 is 6.23 Å². The molecule has 78 valence electrons. The first kappa shape index (κ1) is 9.71. The van der Waals surface area contributed by atoms with Gasteiger partial charge in [0.2, 0.25) is 0 Å².